The van der Waals surface area contributed by atoms with Gasteiger partial charge in [0, 0.05) is 0 Å². The van der Waals surface area contributed by atoms with Crippen LogP contribution in [0.25, 0.3) is 0 Å². The second-order valence-corrected chi connectivity index (χ2v) is 2.33. The summed E-state index contributed by atoms with van der Waals surface area (Å²) in [7, 11) is 2.11. The molecule has 0 saturated carbocycles. The highest BCUT2D eigenvalue weighted by Gasteiger charge is 2.34. The lowest BCUT2D eigenvalue weighted by Crippen LogP contribution is -2.22. The van der Waals surface area contributed by atoms with E-state index in [1.807, 2.05) is 0 Å². The summed E-state index contributed by atoms with van der Waals surface area (Å²) in [6.07, 6.45) is -0.600. The number of esters is 1. The van der Waals surface area contributed by atoms with Gasteiger partial charge >= 0.3 is 12.1 Å². The number of cyclic esters (lactones) is 2. The molecule has 4 nitrogen and oxygen atoms in total. The molecule has 1 aliphatic rings. The lowest BCUT2D eigenvalue weighted by Gasteiger charge is -2.05. The first-order valence-corrected chi connectivity index (χ1v) is 2.94. The van der Waals surface area contributed by atoms with E-state index in [1.54, 1.807) is 6.92 Å². The Morgan fingerprint density at radius 2 is 2.22 bits per heavy atom. The van der Waals surface area contributed by atoms with Gasteiger partial charge in [-0.1, -0.05) is 0 Å². The maximum absolute atomic E-state index is 10.5. The van der Waals surface area contributed by atoms with E-state index in [-0.39, 0.29) is 0 Å². The maximum Gasteiger partial charge on any atom is 0.421 e. The van der Waals surface area contributed by atoms with Crippen LogP contribution in [0.15, 0.2) is 0 Å². The molecule has 1 aliphatic heterocycles. The number of ether oxygens (including phenoxy) is 1. The fourth-order valence-corrected chi connectivity index (χ4v) is 0.670. The van der Waals surface area contributed by atoms with Gasteiger partial charge in [-0.15, -0.1) is 0 Å². The van der Waals surface area contributed by atoms with Gasteiger partial charge in [0.1, 0.15) is 6.04 Å². The molecule has 0 spiro atoms. The molecule has 0 aromatic heterocycles. The van der Waals surface area contributed by atoms with Crippen LogP contribution in [0.5, 0.6) is 0 Å². The predicted octanol–water partition coefficient (Wildman–Crippen LogP) is 0.144. The number of amides is 1. The van der Waals surface area contributed by atoms with Gasteiger partial charge in [-0.05, 0) is 16.3 Å². The molecule has 1 unspecified atom stereocenters. The van der Waals surface area contributed by atoms with Gasteiger partial charge in [-0.2, -0.15) is 0 Å². The van der Waals surface area contributed by atoms with Crippen LogP contribution in [0.1, 0.15) is 6.92 Å². The van der Waals surface area contributed by atoms with Crippen LogP contribution in [-0.2, 0) is 9.53 Å². The van der Waals surface area contributed by atoms with Crippen molar-refractivity contribution in [2.75, 3.05) is 0 Å². The van der Waals surface area contributed by atoms with E-state index in [4.69, 9.17) is 0 Å². The fraction of sp³-hybridized carbons (Fsp3) is 0.500. The van der Waals surface area contributed by atoms with Gasteiger partial charge in [0.2, 0.25) is 0 Å². The Morgan fingerprint density at radius 1 is 1.67 bits per heavy atom. The molecule has 50 valence electrons. The second kappa shape index (κ2) is 1.95. The van der Waals surface area contributed by atoms with Gasteiger partial charge in [0.25, 0.3) is 0 Å². The summed E-state index contributed by atoms with van der Waals surface area (Å²) < 4.78 is 5.38. The van der Waals surface area contributed by atoms with Gasteiger partial charge in [-0.3, -0.25) is 4.67 Å². The zero-order chi connectivity index (χ0) is 7.02. The first kappa shape index (κ1) is 6.49. The summed E-state index contributed by atoms with van der Waals surface area (Å²) in [5.41, 5.74) is 0. The third kappa shape index (κ3) is 0.900. The average molecular weight is 147 g/mol. The van der Waals surface area contributed by atoms with Crippen LogP contribution in [0.4, 0.5) is 4.79 Å². The number of carbonyl (C=O) groups excluding carboxylic acids is 2. The average Bonchev–Trinajstić information content (AvgIpc) is 1.98. The van der Waals surface area contributed by atoms with Crippen molar-refractivity contribution in [2.24, 2.45) is 0 Å². The van der Waals surface area contributed by atoms with E-state index in [0.29, 0.717) is 0 Å². The van der Waals surface area contributed by atoms with Gasteiger partial charge < -0.3 is 4.74 Å². The van der Waals surface area contributed by atoms with E-state index in [9.17, 15) is 9.59 Å². The Labute approximate surface area is 54.4 Å². The standard InChI is InChI=1S/C4H6NO3P/c1-2-3(6)8-4(7)5(2)9/h2H,9H2,1H3/t2-/m0/s1. The highest BCUT2D eigenvalue weighted by molar-refractivity contribution is 7.14. The molecule has 0 aliphatic carbocycles. The molecule has 0 radical (unpaired) electrons. The Balaban J connectivity index is 2.77. The van der Waals surface area contributed by atoms with Crippen molar-refractivity contribution in [3.63, 3.8) is 0 Å². The molecule has 0 bridgehead atoms. The van der Waals surface area contributed by atoms with Gasteiger partial charge in [0.15, 0.2) is 0 Å². The highest BCUT2D eigenvalue weighted by atomic mass is 31.0. The first-order valence-electron chi connectivity index (χ1n) is 2.42. The van der Waals surface area contributed by atoms with Crippen molar-refractivity contribution in [2.45, 2.75) is 13.0 Å². The van der Waals surface area contributed by atoms with Crippen LogP contribution in [0.2, 0.25) is 0 Å². The van der Waals surface area contributed by atoms with Crippen LogP contribution in [-0.4, -0.2) is 22.8 Å². The third-order valence-electron chi connectivity index (χ3n) is 1.16. The fourth-order valence-electron chi connectivity index (χ4n) is 0.496. The number of hydrogen-bond donors (Lipinski definition) is 0. The van der Waals surface area contributed by atoms with E-state index < -0.39 is 18.1 Å². The predicted molar refractivity (Wildman–Crippen MR) is 32.5 cm³/mol. The summed E-state index contributed by atoms with van der Waals surface area (Å²) in [6.45, 7) is 1.60. The summed E-state index contributed by atoms with van der Waals surface area (Å²) in [4.78, 5) is 21.0. The largest absolute Gasteiger partial charge is 0.421 e. The molecule has 1 saturated heterocycles. The molecule has 0 aromatic carbocycles. The Bertz CT molecular complexity index is 151. The maximum atomic E-state index is 10.5. The van der Waals surface area contributed by atoms with Crippen molar-refractivity contribution in [1.82, 2.24) is 4.67 Å². The molecule has 2 atom stereocenters. The summed E-state index contributed by atoms with van der Waals surface area (Å²) >= 11 is 0. The van der Waals surface area contributed by atoms with Crippen molar-refractivity contribution in [1.29, 1.82) is 0 Å². The molecule has 1 heterocycles. The highest BCUT2D eigenvalue weighted by Crippen LogP contribution is 2.16. The molecule has 1 fully saturated rings. The Hall–Kier alpha value is -0.630. The SMILES string of the molecule is C[C@H]1C(=O)OC(=O)N1P. The molecule has 1 amide bonds. The minimum absolute atomic E-state index is 0.456. The summed E-state index contributed by atoms with van der Waals surface area (Å²) in [5.74, 6) is -0.491. The molecular formula is C4H6NO3P. The number of carbonyl (C=O) groups is 2. The molecule has 0 aromatic rings. The topological polar surface area (TPSA) is 46.6 Å². The second-order valence-electron chi connectivity index (χ2n) is 1.77. The van der Waals surface area contributed by atoms with Gasteiger partial charge in [0.05, 0.1) is 0 Å². The molecule has 1 rings (SSSR count). The zero-order valence-corrected chi connectivity index (χ0v) is 5.98. The lowest BCUT2D eigenvalue weighted by molar-refractivity contribution is -0.135. The van der Waals surface area contributed by atoms with E-state index in [0.717, 1.165) is 0 Å². The van der Waals surface area contributed by atoms with Crippen molar-refractivity contribution >= 4 is 21.5 Å². The van der Waals surface area contributed by atoms with E-state index in [1.165, 1.54) is 4.67 Å². The van der Waals surface area contributed by atoms with Crippen LogP contribution in [0, 0.1) is 0 Å². The molecule has 0 N–H and O–H groups in total. The van der Waals surface area contributed by atoms with Crippen molar-refractivity contribution < 1.29 is 14.3 Å². The third-order valence-corrected chi connectivity index (χ3v) is 1.82. The van der Waals surface area contributed by atoms with E-state index in [2.05, 4.69) is 14.1 Å². The molecule has 5 heteroatoms. The summed E-state index contributed by atoms with van der Waals surface area (Å²) in [5, 5.41) is 0. The lowest BCUT2D eigenvalue weighted by atomic mass is 10.4. The summed E-state index contributed by atoms with van der Waals surface area (Å²) in [6, 6.07) is -0.456. The van der Waals surface area contributed by atoms with E-state index >= 15 is 0 Å². The van der Waals surface area contributed by atoms with Crippen LogP contribution in [0.3, 0.4) is 0 Å². The van der Waals surface area contributed by atoms with Crippen molar-refractivity contribution in [3.8, 4) is 0 Å². The Morgan fingerprint density at radius 3 is 2.33 bits per heavy atom. The quantitative estimate of drug-likeness (QED) is 0.278. The normalized spacial score (nSPS) is 26.9. The monoisotopic (exact) mass is 147 g/mol. The number of rotatable bonds is 0. The van der Waals surface area contributed by atoms with Crippen molar-refractivity contribution in [3.05, 3.63) is 0 Å². The minimum atomic E-state index is -0.600. The van der Waals surface area contributed by atoms with Gasteiger partial charge in [-0.25, -0.2) is 9.59 Å². The van der Waals surface area contributed by atoms with Crippen LogP contribution < -0.4 is 0 Å². The number of nitrogens with zero attached hydrogens (tertiary/aromatic N) is 1. The molecular weight excluding hydrogens is 141 g/mol. The minimum Gasteiger partial charge on any atom is -0.374 e. The first-order chi connectivity index (χ1) is 4.13. The smallest absolute Gasteiger partial charge is 0.374 e. The van der Waals surface area contributed by atoms with Crippen LogP contribution >= 0.6 is 9.39 Å². The Kier molecular flexibility index (Phi) is 1.41. The zero-order valence-electron chi connectivity index (χ0n) is 4.83. The number of hydrogen-bond acceptors (Lipinski definition) is 3. The molecule has 9 heavy (non-hydrogen) atoms.